The van der Waals surface area contributed by atoms with Gasteiger partial charge in [-0.05, 0) is 256 Å². The van der Waals surface area contributed by atoms with Crippen LogP contribution < -0.4 is 14.7 Å². The van der Waals surface area contributed by atoms with Gasteiger partial charge in [0, 0.05) is 51.2 Å². The van der Waals surface area contributed by atoms with Crippen molar-refractivity contribution < 1.29 is 0 Å². The summed E-state index contributed by atoms with van der Waals surface area (Å²) in [5.74, 6) is 0. The molecule has 10 aromatic carbocycles. The molecule has 3 nitrogen and oxygen atoms in total. The number of aryl methyl sites for hydroxylation is 2. The second-order valence-corrected chi connectivity index (χ2v) is 23.1. The lowest BCUT2D eigenvalue weighted by Crippen LogP contribution is -2.24. The van der Waals surface area contributed by atoms with Crippen LogP contribution in [0, 0.1) is 0 Å². The summed E-state index contributed by atoms with van der Waals surface area (Å²) in [5.41, 5.74) is 26.8. The molecule has 0 spiro atoms. The van der Waals surface area contributed by atoms with Gasteiger partial charge in [-0.2, -0.15) is 0 Å². The average Bonchev–Trinajstić information content (AvgIpc) is 0.997. The molecule has 10 aromatic rings. The van der Waals surface area contributed by atoms with Crippen LogP contribution >= 0.6 is 0 Å². The van der Waals surface area contributed by atoms with Crippen LogP contribution in [-0.2, 0) is 12.8 Å². The maximum absolute atomic E-state index is 2.61. The third-order valence-electron chi connectivity index (χ3n) is 17.9. The molecule has 0 saturated heterocycles. The van der Waals surface area contributed by atoms with Crippen LogP contribution in [0.15, 0.2) is 290 Å². The molecule has 0 radical (unpaired) electrons. The first-order chi connectivity index (χ1) is 42.2. The molecule has 5 aliphatic rings. The first-order valence-corrected chi connectivity index (χ1v) is 30.7. The van der Waals surface area contributed by atoms with E-state index in [0.717, 1.165) is 92.6 Å². The topological polar surface area (TPSA) is 9.72 Å². The predicted molar refractivity (Wildman–Crippen MR) is 363 cm³/mol. The van der Waals surface area contributed by atoms with E-state index in [1.807, 2.05) is 0 Å². The van der Waals surface area contributed by atoms with E-state index in [4.69, 9.17) is 0 Å². The molecule has 0 unspecified atom stereocenters. The number of fused-ring (bicyclic) bond motifs is 7. The standard InChI is InChI=1S/C82H67N3/c1-8-25-59(26-9-1)76-57-77(60-42-47-71(48-43-60)83(65-28-10-2-11-29-65)66-30-12-3-13-31-66)81-74-52-46-64(63-41-40-58-24-22-23-27-62(58)54-63)55-78(74)79-56-73(85(69-36-18-6-19-37-69)70-38-20-7-21-39-70)51-53-75(79)82(81)80(76)61-44-49-72(50-45-61)84(67-32-14-4-15-33-67)68-34-16-5-17-35-68/h1-4,6,8,10-16,18-20,22-25,27-45,47-50,54-57H,5,7,9,17,21,26,46,51-53H2. The minimum Gasteiger partial charge on any atom is -0.315 e. The smallest absolute Gasteiger partial charge is 0.0462 e. The highest BCUT2D eigenvalue weighted by Crippen LogP contribution is 2.52. The lowest BCUT2D eigenvalue weighted by molar-refractivity contribution is 0.873. The van der Waals surface area contributed by atoms with Gasteiger partial charge in [-0.3, -0.25) is 0 Å². The summed E-state index contributed by atoms with van der Waals surface area (Å²) < 4.78 is 0. The summed E-state index contributed by atoms with van der Waals surface area (Å²) in [6.45, 7) is 0. The van der Waals surface area contributed by atoms with Crippen LogP contribution in [0.3, 0.4) is 0 Å². The van der Waals surface area contributed by atoms with Gasteiger partial charge in [0.2, 0.25) is 0 Å². The van der Waals surface area contributed by atoms with E-state index in [1.165, 1.54) is 111 Å². The number of hydrogen-bond acceptors (Lipinski definition) is 3. The van der Waals surface area contributed by atoms with Gasteiger partial charge in [-0.25, -0.2) is 0 Å². The Morgan fingerprint density at radius 1 is 0.318 bits per heavy atom. The summed E-state index contributed by atoms with van der Waals surface area (Å²) in [6.07, 6.45) is 36.2. The Morgan fingerprint density at radius 2 is 0.835 bits per heavy atom. The van der Waals surface area contributed by atoms with Crippen molar-refractivity contribution in [2.45, 2.75) is 64.2 Å². The molecule has 0 heterocycles. The number of rotatable bonds is 13. The highest BCUT2D eigenvalue weighted by molar-refractivity contribution is 6.15. The fourth-order valence-corrected chi connectivity index (χ4v) is 13.9. The van der Waals surface area contributed by atoms with Gasteiger partial charge in [-0.1, -0.05) is 182 Å². The molecule has 0 fully saturated rings. The molecular weight excluding hydrogens is 1030 g/mol. The van der Waals surface area contributed by atoms with Crippen LogP contribution in [0.1, 0.15) is 84.7 Å². The van der Waals surface area contributed by atoms with E-state index in [9.17, 15) is 0 Å². The zero-order chi connectivity index (χ0) is 56.5. The molecular formula is C82H67N3. The average molecular weight is 1090 g/mol. The van der Waals surface area contributed by atoms with Crippen LogP contribution in [-0.4, -0.2) is 0 Å². The van der Waals surface area contributed by atoms with Gasteiger partial charge >= 0.3 is 0 Å². The van der Waals surface area contributed by atoms with Crippen molar-refractivity contribution in [1.29, 1.82) is 0 Å². The molecule has 85 heavy (non-hydrogen) atoms. The molecule has 0 aromatic heterocycles. The summed E-state index contributed by atoms with van der Waals surface area (Å²) in [4.78, 5) is 7.35. The third kappa shape index (κ3) is 10.00. The fraction of sp³-hybridized carbons (Fsp3) is 0.122. The van der Waals surface area contributed by atoms with Crippen molar-refractivity contribution in [3.63, 3.8) is 0 Å². The molecule has 3 heteroatoms. The number of hydrogen-bond donors (Lipinski definition) is 0. The number of anilines is 6. The van der Waals surface area contributed by atoms with Gasteiger partial charge in [0.25, 0.3) is 0 Å². The van der Waals surface area contributed by atoms with Crippen molar-refractivity contribution in [3.05, 3.63) is 324 Å². The van der Waals surface area contributed by atoms with Crippen LogP contribution in [0.2, 0.25) is 0 Å². The highest BCUT2D eigenvalue weighted by Gasteiger charge is 2.32. The Bertz CT molecular complexity index is 4380. The van der Waals surface area contributed by atoms with Crippen LogP contribution in [0.4, 0.5) is 34.1 Å². The van der Waals surface area contributed by atoms with E-state index >= 15 is 0 Å². The molecule has 0 amide bonds. The van der Waals surface area contributed by atoms with Gasteiger partial charge in [0.15, 0.2) is 0 Å². The summed E-state index contributed by atoms with van der Waals surface area (Å²) in [5, 5.41) is 5.32. The predicted octanol–water partition coefficient (Wildman–Crippen LogP) is 22.4. The Hall–Kier alpha value is -9.96. The van der Waals surface area contributed by atoms with Crippen molar-refractivity contribution in [3.8, 4) is 22.3 Å². The minimum atomic E-state index is 0.891. The van der Waals surface area contributed by atoms with Crippen molar-refractivity contribution in [1.82, 2.24) is 0 Å². The Labute approximate surface area is 500 Å². The lowest BCUT2D eigenvalue weighted by atomic mass is 9.73. The van der Waals surface area contributed by atoms with Crippen molar-refractivity contribution in [2.75, 3.05) is 14.7 Å². The molecule has 15 rings (SSSR count). The normalized spacial score (nSPS) is 15.3. The van der Waals surface area contributed by atoms with Crippen LogP contribution in [0.5, 0.6) is 0 Å². The maximum atomic E-state index is 2.61. The Balaban J connectivity index is 1.01. The zero-order valence-corrected chi connectivity index (χ0v) is 48.0. The lowest BCUT2D eigenvalue weighted by Gasteiger charge is -2.35. The molecule has 0 atom stereocenters. The fourth-order valence-electron chi connectivity index (χ4n) is 13.9. The van der Waals surface area contributed by atoms with Gasteiger partial charge < -0.3 is 14.7 Å². The largest absolute Gasteiger partial charge is 0.315 e. The van der Waals surface area contributed by atoms with Gasteiger partial charge in [-0.15, -0.1) is 0 Å². The molecule has 410 valence electrons. The van der Waals surface area contributed by atoms with Gasteiger partial charge in [0.1, 0.15) is 0 Å². The monoisotopic (exact) mass is 1090 g/mol. The van der Waals surface area contributed by atoms with Crippen molar-refractivity contribution in [2.24, 2.45) is 0 Å². The van der Waals surface area contributed by atoms with E-state index in [0.29, 0.717) is 0 Å². The number of nitrogens with zero attached hydrogens (tertiary/aromatic N) is 3. The first kappa shape index (κ1) is 51.9. The van der Waals surface area contributed by atoms with E-state index in [-0.39, 0.29) is 0 Å². The van der Waals surface area contributed by atoms with E-state index < -0.39 is 0 Å². The molecule has 5 aliphatic carbocycles. The first-order valence-electron chi connectivity index (χ1n) is 30.7. The van der Waals surface area contributed by atoms with Crippen molar-refractivity contribution >= 4 is 79.0 Å². The zero-order valence-electron chi connectivity index (χ0n) is 48.0. The number of allylic oxidation sites excluding steroid dienone is 12. The maximum Gasteiger partial charge on any atom is 0.0462 e. The molecule has 0 bridgehead atoms. The number of para-hydroxylation sites is 4. The van der Waals surface area contributed by atoms with Crippen LogP contribution in [0.25, 0.3) is 67.1 Å². The number of benzene rings is 10. The summed E-state index contributed by atoms with van der Waals surface area (Å²) in [7, 11) is 0. The second kappa shape index (κ2) is 23.0. The molecule has 0 saturated carbocycles. The highest BCUT2D eigenvalue weighted by atomic mass is 15.2. The van der Waals surface area contributed by atoms with E-state index in [1.54, 1.807) is 0 Å². The quantitative estimate of drug-likeness (QED) is 0.114. The van der Waals surface area contributed by atoms with E-state index in [2.05, 4.69) is 300 Å². The summed E-state index contributed by atoms with van der Waals surface area (Å²) in [6, 6.07) is 81.1. The third-order valence-corrected chi connectivity index (χ3v) is 17.9. The Morgan fingerprint density at radius 3 is 1.45 bits per heavy atom. The SMILES string of the molecule is C1=CCCC(c2cc(-c3ccc(N(c4ccccc4)c4ccccc4)cc3)c3c4c(c5c(c3c2-c2ccc(N(C3=CCCC=C3)c3ccccc3)cc2)CCC(N(C2=CCCC=C2)c2ccccc2)=C5)C=C(c2ccc3ccccc3c2)CC4)=C1. The second-order valence-electron chi connectivity index (χ2n) is 23.1. The van der Waals surface area contributed by atoms with Gasteiger partial charge in [0.05, 0.1) is 0 Å². The minimum absolute atomic E-state index is 0.891. The molecule has 0 N–H and O–H groups in total. The summed E-state index contributed by atoms with van der Waals surface area (Å²) >= 11 is 0. The molecule has 0 aliphatic heterocycles. The Kier molecular flexibility index (Phi) is 14.0.